The Hall–Kier alpha value is -2.90. The van der Waals surface area contributed by atoms with Gasteiger partial charge >= 0.3 is 0 Å². The van der Waals surface area contributed by atoms with Gasteiger partial charge in [0.15, 0.2) is 23.0 Å². The molecule has 2 aromatic carbocycles. The predicted molar refractivity (Wildman–Crippen MR) is 126 cm³/mol. The summed E-state index contributed by atoms with van der Waals surface area (Å²) in [5, 5.41) is 3.49. The largest absolute Gasteiger partial charge is 0.491 e. The molecule has 0 atom stereocenters. The van der Waals surface area contributed by atoms with Crippen LogP contribution in [0.25, 0.3) is 6.08 Å². The van der Waals surface area contributed by atoms with E-state index in [9.17, 15) is 4.79 Å². The number of carbonyl (C=O) groups is 1. The van der Waals surface area contributed by atoms with Gasteiger partial charge in [-0.3, -0.25) is 4.79 Å². The van der Waals surface area contributed by atoms with Crippen molar-refractivity contribution >= 4 is 23.6 Å². The lowest BCUT2D eigenvalue weighted by molar-refractivity contribution is -0.116. The Labute approximate surface area is 198 Å². The first-order valence-corrected chi connectivity index (χ1v) is 11.4. The maximum atomic E-state index is 12.7. The molecule has 2 aliphatic heterocycles. The monoisotopic (exact) mass is 473 g/mol. The second-order valence-electron chi connectivity index (χ2n) is 7.98. The Bertz CT molecular complexity index is 1030. The molecule has 0 unspecified atom stereocenters. The summed E-state index contributed by atoms with van der Waals surface area (Å²) in [6, 6.07) is 9.53. The third kappa shape index (κ3) is 5.20. The van der Waals surface area contributed by atoms with Gasteiger partial charge in [-0.1, -0.05) is 17.7 Å². The number of benzene rings is 2. The van der Waals surface area contributed by atoms with Crippen LogP contribution in [-0.4, -0.2) is 46.2 Å². The molecule has 0 bridgehead atoms. The zero-order valence-electron chi connectivity index (χ0n) is 18.8. The third-order valence-corrected chi connectivity index (χ3v) is 6.28. The van der Waals surface area contributed by atoms with E-state index in [1.165, 1.54) is 6.08 Å². The van der Waals surface area contributed by atoms with E-state index in [2.05, 4.69) is 11.4 Å². The highest BCUT2D eigenvalue weighted by molar-refractivity contribution is 6.32. The predicted octanol–water partition coefficient (Wildman–Crippen LogP) is 4.35. The molecule has 7 nitrogen and oxygen atoms in total. The van der Waals surface area contributed by atoms with Gasteiger partial charge in [-0.15, -0.1) is 0 Å². The van der Waals surface area contributed by atoms with Crippen molar-refractivity contribution < 1.29 is 28.5 Å². The summed E-state index contributed by atoms with van der Waals surface area (Å²) < 4.78 is 27.5. The van der Waals surface area contributed by atoms with Crippen molar-refractivity contribution in [2.24, 2.45) is 0 Å². The quantitative estimate of drug-likeness (QED) is 0.574. The molecule has 0 radical (unpaired) electrons. The number of nitrogens with one attached hydrogen (secondary N) is 1. The second kappa shape index (κ2) is 10.4. The summed E-state index contributed by atoms with van der Waals surface area (Å²) in [6.07, 6.45) is 4.83. The zero-order chi connectivity index (χ0) is 23.3. The number of hydrogen-bond donors (Lipinski definition) is 1. The van der Waals surface area contributed by atoms with Crippen molar-refractivity contribution in [2.75, 3.05) is 40.3 Å². The average molecular weight is 474 g/mol. The fraction of sp³-hybridized carbons (Fsp3) is 0.400. The normalized spacial score (nSPS) is 16.6. The summed E-state index contributed by atoms with van der Waals surface area (Å²) >= 11 is 6.30. The Kier molecular flexibility index (Phi) is 7.30. The number of halogens is 1. The maximum absolute atomic E-state index is 12.7. The Morgan fingerprint density at radius 1 is 1.18 bits per heavy atom. The van der Waals surface area contributed by atoms with Crippen LogP contribution in [0.5, 0.6) is 23.0 Å². The van der Waals surface area contributed by atoms with E-state index < -0.39 is 0 Å². The molecular formula is C25H28ClNO6. The first-order chi connectivity index (χ1) is 16.0. The minimum absolute atomic E-state index is 0.188. The Morgan fingerprint density at radius 2 is 1.97 bits per heavy atom. The first-order valence-electron chi connectivity index (χ1n) is 11.0. The molecule has 4 rings (SSSR count). The van der Waals surface area contributed by atoms with Crippen LogP contribution in [0.3, 0.4) is 0 Å². The molecule has 0 saturated carbocycles. The van der Waals surface area contributed by atoms with Gasteiger partial charge in [-0.25, -0.2) is 0 Å². The minimum atomic E-state index is -0.228. The van der Waals surface area contributed by atoms with Crippen molar-refractivity contribution in [3.63, 3.8) is 0 Å². The molecule has 1 saturated heterocycles. The third-order valence-electron chi connectivity index (χ3n) is 6.00. The van der Waals surface area contributed by atoms with E-state index in [1.807, 2.05) is 19.1 Å². The average Bonchev–Trinajstić information content (AvgIpc) is 3.30. The van der Waals surface area contributed by atoms with Gasteiger partial charge in [0.05, 0.1) is 18.7 Å². The summed E-state index contributed by atoms with van der Waals surface area (Å²) in [6.45, 7) is 4.38. The van der Waals surface area contributed by atoms with Crippen LogP contribution in [0.2, 0.25) is 5.02 Å². The number of methoxy groups -OCH3 is 1. The highest BCUT2D eigenvalue weighted by Crippen LogP contribution is 2.40. The van der Waals surface area contributed by atoms with Crippen molar-refractivity contribution in [3.8, 4) is 23.0 Å². The first kappa shape index (κ1) is 23.3. The number of ether oxygens (including phenoxy) is 5. The van der Waals surface area contributed by atoms with E-state index in [0.717, 1.165) is 35.5 Å². The molecule has 2 heterocycles. The van der Waals surface area contributed by atoms with Gasteiger partial charge in [0.1, 0.15) is 0 Å². The van der Waals surface area contributed by atoms with Crippen molar-refractivity contribution in [1.29, 1.82) is 0 Å². The molecule has 2 aromatic rings. The lowest BCUT2D eigenvalue weighted by Gasteiger charge is -2.38. The number of carbonyl (C=O) groups excluding carboxylic acids is 1. The van der Waals surface area contributed by atoms with Gasteiger partial charge in [-0.05, 0) is 61.2 Å². The van der Waals surface area contributed by atoms with Gasteiger partial charge in [0, 0.05) is 31.2 Å². The van der Waals surface area contributed by atoms with E-state index >= 15 is 0 Å². The molecule has 1 fully saturated rings. The molecule has 2 aliphatic rings. The SMILES string of the molecule is CCOc1cc(/C=C/C(=O)NCC2(c3ccc4c(c3)OCO4)CCOCC2)cc(Cl)c1OC. The van der Waals surface area contributed by atoms with Crippen LogP contribution in [0.15, 0.2) is 36.4 Å². The standard InChI is InChI=1S/C25H28ClNO6/c1-3-31-22-13-17(12-19(26)24(22)29-2)4-7-23(28)27-15-25(8-10-30-11-9-25)18-5-6-20-21(14-18)33-16-32-20/h4-7,12-14H,3,8-11,15-16H2,1-2H3,(H,27,28)/b7-4+. The Morgan fingerprint density at radius 3 is 2.73 bits per heavy atom. The van der Waals surface area contributed by atoms with Crippen molar-refractivity contribution in [1.82, 2.24) is 5.32 Å². The second-order valence-corrected chi connectivity index (χ2v) is 8.39. The molecule has 176 valence electrons. The van der Waals surface area contributed by atoms with Crippen LogP contribution in [0, 0.1) is 0 Å². The van der Waals surface area contributed by atoms with Crippen molar-refractivity contribution in [2.45, 2.75) is 25.2 Å². The van der Waals surface area contributed by atoms with Crippen LogP contribution < -0.4 is 24.3 Å². The van der Waals surface area contributed by atoms with Crippen molar-refractivity contribution in [3.05, 3.63) is 52.6 Å². The van der Waals surface area contributed by atoms with Crippen LogP contribution >= 0.6 is 11.6 Å². The molecular weight excluding hydrogens is 446 g/mol. The van der Waals surface area contributed by atoms with Gasteiger partial charge in [0.25, 0.3) is 0 Å². The van der Waals surface area contributed by atoms with E-state index in [0.29, 0.717) is 42.9 Å². The molecule has 1 N–H and O–H groups in total. The molecule has 33 heavy (non-hydrogen) atoms. The molecule has 0 aliphatic carbocycles. The zero-order valence-corrected chi connectivity index (χ0v) is 19.6. The number of hydrogen-bond acceptors (Lipinski definition) is 6. The smallest absolute Gasteiger partial charge is 0.244 e. The summed E-state index contributed by atoms with van der Waals surface area (Å²) in [7, 11) is 1.54. The topological polar surface area (TPSA) is 75.3 Å². The highest BCUT2D eigenvalue weighted by Gasteiger charge is 2.36. The minimum Gasteiger partial charge on any atom is -0.491 e. The van der Waals surface area contributed by atoms with Crippen LogP contribution in [-0.2, 0) is 14.9 Å². The molecule has 8 heteroatoms. The van der Waals surface area contributed by atoms with E-state index in [-0.39, 0.29) is 18.1 Å². The molecule has 0 aromatic heterocycles. The van der Waals surface area contributed by atoms with E-state index in [1.54, 1.807) is 25.3 Å². The van der Waals surface area contributed by atoms with Crippen LogP contribution in [0.1, 0.15) is 30.9 Å². The van der Waals surface area contributed by atoms with Crippen LogP contribution in [0.4, 0.5) is 0 Å². The number of rotatable bonds is 8. The highest BCUT2D eigenvalue weighted by atomic mass is 35.5. The Balaban J connectivity index is 1.47. The maximum Gasteiger partial charge on any atom is 0.244 e. The number of fused-ring (bicyclic) bond motifs is 1. The molecule has 1 amide bonds. The summed E-state index contributed by atoms with van der Waals surface area (Å²) in [4.78, 5) is 12.7. The van der Waals surface area contributed by atoms with Gasteiger partial charge < -0.3 is 29.0 Å². The lowest BCUT2D eigenvalue weighted by Crippen LogP contribution is -2.44. The van der Waals surface area contributed by atoms with Gasteiger partial charge in [-0.2, -0.15) is 0 Å². The fourth-order valence-corrected chi connectivity index (χ4v) is 4.48. The summed E-state index contributed by atoms with van der Waals surface area (Å²) in [5.41, 5.74) is 1.63. The van der Waals surface area contributed by atoms with Gasteiger partial charge in [0.2, 0.25) is 12.7 Å². The number of amides is 1. The fourth-order valence-electron chi connectivity index (χ4n) is 4.19. The van der Waals surface area contributed by atoms with E-state index in [4.69, 9.17) is 35.3 Å². The summed E-state index contributed by atoms with van der Waals surface area (Å²) in [5.74, 6) is 2.32. The lowest BCUT2D eigenvalue weighted by atomic mass is 9.74. The molecule has 0 spiro atoms.